The molecule has 0 saturated heterocycles. The summed E-state index contributed by atoms with van der Waals surface area (Å²) in [6, 6.07) is 0. The Labute approximate surface area is 61.6 Å². The molecule has 0 atom stereocenters. The van der Waals surface area contributed by atoms with Gasteiger partial charge in [0.05, 0.1) is 0 Å². The maximum absolute atomic E-state index is 10.6. The third kappa shape index (κ3) is 2.61. The lowest BCUT2D eigenvalue weighted by Crippen LogP contribution is -2.17. The molecule has 1 radical (unpaired) electrons. The SMILES string of the molecule is C=CCC(C)(C)C(=O)[S]. The summed E-state index contributed by atoms with van der Waals surface area (Å²) in [5.74, 6) is 0. The van der Waals surface area contributed by atoms with E-state index in [-0.39, 0.29) is 5.12 Å². The van der Waals surface area contributed by atoms with Crippen LogP contribution >= 0.6 is 12.6 Å². The van der Waals surface area contributed by atoms with Gasteiger partial charge < -0.3 is 0 Å². The summed E-state index contributed by atoms with van der Waals surface area (Å²) in [5, 5.41) is -0.192. The van der Waals surface area contributed by atoms with E-state index in [4.69, 9.17) is 0 Å². The fourth-order valence-electron chi connectivity index (χ4n) is 0.444. The van der Waals surface area contributed by atoms with Crippen molar-refractivity contribution >= 4 is 17.7 Å². The molecule has 0 spiro atoms. The van der Waals surface area contributed by atoms with E-state index in [1.54, 1.807) is 6.08 Å². The third-order valence-corrected chi connectivity index (χ3v) is 1.76. The Bertz CT molecular complexity index is 127. The third-order valence-electron chi connectivity index (χ3n) is 1.21. The minimum Gasteiger partial charge on any atom is -0.281 e. The fourth-order valence-corrected chi connectivity index (χ4v) is 0.528. The molecule has 0 unspecified atom stereocenters. The smallest absolute Gasteiger partial charge is 0.224 e. The predicted molar refractivity (Wildman–Crippen MR) is 41.2 cm³/mol. The van der Waals surface area contributed by atoms with Crippen LogP contribution in [0.15, 0.2) is 12.7 Å². The van der Waals surface area contributed by atoms with Crippen molar-refractivity contribution in [2.75, 3.05) is 0 Å². The van der Waals surface area contributed by atoms with Gasteiger partial charge in [-0.25, -0.2) is 0 Å². The van der Waals surface area contributed by atoms with E-state index in [0.29, 0.717) is 6.42 Å². The fraction of sp³-hybridized carbons (Fsp3) is 0.571. The highest BCUT2D eigenvalue weighted by Crippen LogP contribution is 2.23. The van der Waals surface area contributed by atoms with Gasteiger partial charge in [-0.15, -0.1) is 6.58 Å². The van der Waals surface area contributed by atoms with Gasteiger partial charge in [0.15, 0.2) is 0 Å². The summed E-state index contributed by atoms with van der Waals surface area (Å²) in [7, 11) is 0. The Morgan fingerprint density at radius 1 is 1.78 bits per heavy atom. The predicted octanol–water partition coefficient (Wildman–Crippen LogP) is 2.31. The van der Waals surface area contributed by atoms with Crippen molar-refractivity contribution < 1.29 is 4.79 Å². The summed E-state index contributed by atoms with van der Waals surface area (Å²) >= 11 is 4.49. The molecule has 0 heterocycles. The monoisotopic (exact) mass is 143 g/mol. The first kappa shape index (κ1) is 8.63. The van der Waals surface area contributed by atoms with E-state index >= 15 is 0 Å². The van der Waals surface area contributed by atoms with Crippen LogP contribution in [0.5, 0.6) is 0 Å². The first-order chi connectivity index (χ1) is 4.00. The summed E-state index contributed by atoms with van der Waals surface area (Å²) in [5.41, 5.74) is -0.392. The molecule has 0 aromatic rings. The molecular weight excluding hydrogens is 132 g/mol. The highest BCUT2D eigenvalue weighted by Gasteiger charge is 2.23. The second-order valence-corrected chi connectivity index (χ2v) is 3.03. The molecule has 0 bridgehead atoms. The average molecular weight is 143 g/mol. The number of hydrogen-bond acceptors (Lipinski definition) is 1. The van der Waals surface area contributed by atoms with Crippen molar-refractivity contribution in [3.63, 3.8) is 0 Å². The molecule has 2 heteroatoms. The van der Waals surface area contributed by atoms with Gasteiger partial charge in [-0.3, -0.25) is 4.79 Å². The summed E-state index contributed by atoms with van der Waals surface area (Å²) in [6.07, 6.45) is 2.37. The highest BCUT2D eigenvalue weighted by atomic mass is 32.1. The zero-order valence-electron chi connectivity index (χ0n) is 5.81. The lowest BCUT2D eigenvalue weighted by atomic mass is 9.91. The molecule has 0 aliphatic carbocycles. The number of hydrogen-bond donors (Lipinski definition) is 0. The number of carbonyl (C=O) groups excluding carboxylic acids is 1. The molecule has 0 saturated carbocycles. The first-order valence-corrected chi connectivity index (χ1v) is 3.24. The second kappa shape index (κ2) is 2.97. The maximum atomic E-state index is 10.6. The topological polar surface area (TPSA) is 17.1 Å². The quantitative estimate of drug-likeness (QED) is 0.554. The Morgan fingerprint density at radius 2 is 2.22 bits per heavy atom. The van der Waals surface area contributed by atoms with Gasteiger partial charge in [0.2, 0.25) is 5.12 Å². The summed E-state index contributed by atoms with van der Waals surface area (Å²) in [6.45, 7) is 7.18. The zero-order chi connectivity index (χ0) is 7.49. The molecule has 51 valence electrons. The summed E-state index contributed by atoms with van der Waals surface area (Å²) < 4.78 is 0. The molecule has 0 aliphatic rings. The molecule has 0 N–H and O–H groups in total. The molecule has 0 amide bonds. The highest BCUT2D eigenvalue weighted by molar-refractivity contribution is 7.96. The van der Waals surface area contributed by atoms with Crippen molar-refractivity contribution in [1.82, 2.24) is 0 Å². The number of carbonyl (C=O) groups is 1. The van der Waals surface area contributed by atoms with Crippen LogP contribution in [0.3, 0.4) is 0 Å². The standard InChI is InChI=1S/C7H11OS/c1-4-5-7(2,3)6(8)9/h4H,1,5H2,2-3H3. The molecule has 0 aromatic carbocycles. The zero-order valence-corrected chi connectivity index (χ0v) is 6.62. The molecule has 1 nitrogen and oxygen atoms in total. The lowest BCUT2D eigenvalue weighted by molar-refractivity contribution is -0.117. The van der Waals surface area contributed by atoms with Crippen molar-refractivity contribution in [3.05, 3.63) is 12.7 Å². The van der Waals surface area contributed by atoms with Gasteiger partial charge in [0.1, 0.15) is 0 Å². The second-order valence-electron chi connectivity index (χ2n) is 2.66. The first-order valence-electron chi connectivity index (χ1n) is 2.83. The van der Waals surface area contributed by atoms with Gasteiger partial charge in [0, 0.05) is 5.41 Å². The molecule has 0 aromatic heterocycles. The molecule has 0 fully saturated rings. The van der Waals surface area contributed by atoms with Crippen LogP contribution in [0.4, 0.5) is 0 Å². The Hall–Kier alpha value is -0.370. The maximum Gasteiger partial charge on any atom is 0.224 e. The molecule has 0 aliphatic heterocycles. The number of rotatable bonds is 3. The minimum absolute atomic E-state index is 0.192. The van der Waals surface area contributed by atoms with E-state index in [9.17, 15) is 4.79 Å². The normalized spacial score (nSPS) is 10.9. The van der Waals surface area contributed by atoms with Gasteiger partial charge in [0.25, 0.3) is 0 Å². The van der Waals surface area contributed by atoms with Crippen LogP contribution in [-0.4, -0.2) is 5.12 Å². The lowest BCUT2D eigenvalue weighted by Gasteiger charge is -2.15. The van der Waals surface area contributed by atoms with Crippen molar-refractivity contribution in [2.24, 2.45) is 5.41 Å². The largest absolute Gasteiger partial charge is 0.281 e. The van der Waals surface area contributed by atoms with Crippen LogP contribution in [0.2, 0.25) is 0 Å². The summed E-state index contributed by atoms with van der Waals surface area (Å²) in [4.78, 5) is 10.6. The van der Waals surface area contributed by atoms with Crippen LogP contribution in [0.1, 0.15) is 20.3 Å². The van der Waals surface area contributed by atoms with Crippen LogP contribution < -0.4 is 0 Å². The van der Waals surface area contributed by atoms with E-state index in [2.05, 4.69) is 19.2 Å². The van der Waals surface area contributed by atoms with Gasteiger partial charge in [-0.05, 0) is 19.0 Å². The van der Waals surface area contributed by atoms with E-state index in [1.165, 1.54) is 0 Å². The van der Waals surface area contributed by atoms with Gasteiger partial charge in [-0.1, -0.05) is 19.9 Å². The Morgan fingerprint density at radius 3 is 2.33 bits per heavy atom. The number of allylic oxidation sites excluding steroid dienone is 1. The average Bonchev–Trinajstić information content (AvgIpc) is 1.65. The van der Waals surface area contributed by atoms with E-state index in [0.717, 1.165) is 0 Å². The Kier molecular flexibility index (Phi) is 2.85. The van der Waals surface area contributed by atoms with Gasteiger partial charge >= 0.3 is 0 Å². The molecular formula is C7H11OS. The van der Waals surface area contributed by atoms with Gasteiger partial charge in [-0.2, -0.15) is 0 Å². The Balaban J connectivity index is 4.00. The van der Waals surface area contributed by atoms with Crippen LogP contribution in [-0.2, 0) is 4.79 Å². The van der Waals surface area contributed by atoms with Crippen molar-refractivity contribution in [1.29, 1.82) is 0 Å². The molecule has 9 heavy (non-hydrogen) atoms. The van der Waals surface area contributed by atoms with Crippen molar-refractivity contribution in [3.8, 4) is 0 Å². The van der Waals surface area contributed by atoms with Crippen LogP contribution in [0, 0.1) is 5.41 Å². The van der Waals surface area contributed by atoms with Crippen LogP contribution in [0.25, 0.3) is 0 Å². The minimum atomic E-state index is -0.392. The van der Waals surface area contributed by atoms with Crippen molar-refractivity contribution in [2.45, 2.75) is 20.3 Å². The van der Waals surface area contributed by atoms with E-state index < -0.39 is 5.41 Å². The van der Waals surface area contributed by atoms with E-state index in [1.807, 2.05) is 13.8 Å². The molecule has 0 rings (SSSR count).